The number of amides is 1. The quantitative estimate of drug-likeness (QED) is 0.637. The van der Waals surface area contributed by atoms with Gasteiger partial charge in [-0.25, -0.2) is 13.4 Å². The van der Waals surface area contributed by atoms with E-state index in [1.807, 2.05) is 30.3 Å². The molecule has 0 spiro atoms. The second-order valence-electron chi connectivity index (χ2n) is 8.53. The number of hydrogen-bond acceptors (Lipinski definition) is 7. The van der Waals surface area contributed by atoms with Crippen molar-refractivity contribution in [1.29, 1.82) is 5.26 Å². The average Bonchev–Trinajstić information content (AvgIpc) is 2.88. The summed E-state index contributed by atoms with van der Waals surface area (Å²) in [6.45, 7) is 3.30. The van der Waals surface area contributed by atoms with Crippen LogP contribution in [0.2, 0.25) is 0 Å². The zero-order valence-corrected chi connectivity index (χ0v) is 19.8. The number of nitriles is 1. The molecular formula is C24H29N5O4S. The maximum Gasteiger partial charge on any atom is 0.223 e. The van der Waals surface area contributed by atoms with Crippen molar-refractivity contribution < 1.29 is 17.9 Å². The molecule has 1 aromatic heterocycles. The Hall–Kier alpha value is -3.00. The SMILES string of the molecule is N#Cc1ccc(N2CCC(C(=O)NCc3ccccc3CS(=O)(=O)N3CCOCC3)CC2)nc1. The monoisotopic (exact) mass is 483 g/mol. The highest BCUT2D eigenvalue weighted by molar-refractivity contribution is 7.88. The topological polar surface area (TPSA) is 116 Å². The molecule has 0 bridgehead atoms. The number of ether oxygens (including phenoxy) is 1. The van der Waals surface area contributed by atoms with Crippen molar-refractivity contribution in [2.24, 2.45) is 5.92 Å². The van der Waals surface area contributed by atoms with E-state index in [2.05, 4.69) is 21.3 Å². The molecule has 2 saturated heterocycles. The van der Waals surface area contributed by atoms with Gasteiger partial charge in [0.05, 0.1) is 24.5 Å². The number of rotatable bonds is 7. The molecule has 1 aromatic carbocycles. The van der Waals surface area contributed by atoms with Gasteiger partial charge in [0.25, 0.3) is 0 Å². The van der Waals surface area contributed by atoms with Crippen molar-refractivity contribution in [3.63, 3.8) is 0 Å². The lowest BCUT2D eigenvalue weighted by atomic mass is 9.95. The third-order valence-electron chi connectivity index (χ3n) is 6.34. The van der Waals surface area contributed by atoms with Crippen molar-refractivity contribution in [2.75, 3.05) is 44.3 Å². The van der Waals surface area contributed by atoms with Gasteiger partial charge in [-0.05, 0) is 36.1 Å². The zero-order chi connectivity index (χ0) is 24.0. The fourth-order valence-corrected chi connectivity index (χ4v) is 5.88. The first-order valence-electron chi connectivity index (χ1n) is 11.5. The summed E-state index contributed by atoms with van der Waals surface area (Å²) in [6, 6.07) is 13.0. The highest BCUT2D eigenvalue weighted by Crippen LogP contribution is 2.23. The average molecular weight is 484 g/mol. The van der Waals surface area contributed by atoms with E-state index in [0.29, 0.717) is 69.9 Å². The summed E-state index contributed by atoms with van der Waals surface area (Å²) in [6.07, 6.45) is 2.98. The molecule has 9 nitrogen and oxygen atoms in total. The van der Waals surface area contributed by atoms with Crippen molar-refractivity contribution in [3.05, 3.63) is 59.3 Å². The third-order valence-corrected chi connectivity index (χ3v) is 8.17. The molecule has 4 rings (SSSR count). The van der Waals surface area contributed by atoms with Crippen LogP contribution in [0.3, 0.4) is 0 Å². The van der Waals surface area contributed by atoms with E-state index in [1.165, 1.54) is 4.31 Å². The van der Waals surface area contributed by atoms with Crippen LogP contribution < -0.4 is 10.2 Å². The number of carbonyl (C=O) groups excluding carboxylic acids is 1. The highest BCUT2D eigenvalue weighted by atomic mass is 32.2. The predicted octanol–water partition coefficient (Wildman–Crippen LogP) is 1.65. The third kappa shape index (κ3) is 5.91. The molecule has 2 fully saturated rings. The Balaban J connectivity index is 1.31. The van der Waals surface area contributed by atoms with Crippen LogP contribution >= 0.6 is 0 Å². The van der Waals surface area contributed by atoms with Crippen LogP contribution in [-0.2, 0) is 31.9 Å². The summed E-state index contributed by atoms with van der Waals surface area (Å²) in [7, 11) is -3.44. The summed E-state index contributed by atoms with van der Waals surface area (Å²) in [4.78, 5) is 19.3. The van der Waals surface area contributed by atoms with E-state index >= 15 is 0 Å². The van der Waals surface area contributed by atoms with Crippen LogP contribution in [-0.4, -0.2) is 63.0 Å². The van der Waals surface area contributed by atoms with Crippen LogP contribution in [0.4, 0.5) is 5.82 Å². The molecule has 2 aliphatic rings. The largest absolute Gasteiger partial charge is 0.379 e. The molecule has 0 saturated carbocycles. The minimum Gasteiger partial charge on any atom is -0.379 e. The highest BCUT2D eigenvalue weighted by Gasteiger charge is 2.27. The lowest BCUT2D eigenvalue weighted by molar-refractivity contribution is -0.125. The summed E-state index contributed by atoms with van der Waals surface area (Å²) in [5.41, 5.74) is 2.04. The Bertz CT molecular complexity index is 1130. The summed E-state index contributed by atoms with van der Waals surface area (Å²) in [5.74, 6) is 0.611. The second kappa shape index (κ2) is 11.0. The minimum absolute atomic E-state index is 0.0155. The molecule has 1 amide bonds. The van der Waals surface area contributed by atoms with Crippen LogP contribution in [0.5, 0.6) is 0 Å². The maximum absolute atomic E-state index is 12.8. The molecule has 2 aromatic rings. The molecule has 34 heavy (non-hydrogen) atoms. The fraction of sp³-hybridized carbons (Fsp3) is 0.458. The molecule has 0 radical (unpaired) electrons. The smallest absolute Gasteiger partial charge is 0.223 e. The van der Waals surface area contributed by atoms with Gasteiger partial charge < -0.3 is 15.0 Å². The minimum atomic E-state index is -3.44. The zero-order valence-electron chi connectivity index (χ0n) is 19.0. The first kappa shape index (κ1) is 24.1. The molecule has 10 heteroatoms. The number of aromatic nitrogens is 1. The van der Waals surface area contributed by atoms with Crippen LogP contribution in [0.1, 0.15) is 29.5 Å². The van der Waals surface area contributed by atoms with Gasteiger partial charge in [0.1, 0.15) is 11.9 Å². The number of morpholine rings is 1. The molecule has 1 N–H and O–H groups in total. The summed E-state index contributed by atoms with van der Waals surface area (Å²) >= 11 is 0. The Labute approximate surface area is 200 Å². The lowest BCUT2D eigenvalue weighted by Gasteiger charge is -2.32. The number of piperidine rings is 1. The molecular weight excluding hydrogens is 454 g/mol. The number of pyridine rings is 1. The molecule has 0 atom stereocenters. The number of nitrogens with one attached hydrogen (secondary N) is 1. The van der Waals surface area contributed by atoms with Crippen LogP contribution in [0, 0.1) is 17.2 Å². The Morgan fingerprint density at radius 3 is 2.44 bits per heavy atom. The van der Waals surface area contributed by atoms with Gasteiger partial charge in [-0.1, -0.05) is 24.3 Å². The normalized spacial score (nSPS) is 17.8. The van der Waals surface area contributed by atoms with Gasteiger partial charge in [0.2, 0.25) is 15.9 Å². The van der Waals surface area contributed by atoms with E-state index in [9.17, 15) is 13.2 Å². The van der Waals surface area contributed by atoms with Gasteiger partial charge in [-0.3, -0.25) is 4.79 Å². The van der Waals surface area contributed by atoms with E-state index in [0.717, 1.165) is 11.4 Å². The van der Waals surface area contributed by atoms with E-state index in [4.69, 9.17) is 10.00 Å². The van der Waals surface area contributed by atoms with Crippen molar-refractivity contribution in [2.45, 2.75) is 25.1 Å². The van der Waals surface area contributed by atoms with Crippen LogP contribution in [0.15, 0.2) is 42.6 Å². The van der Waals surface area contributed by atoms with Gasteiger partial charge in [-0.15, -0.1) is 0 Å². The van der Waals surface area contributed by atoms with Gasteiger partial charge >= 0.3 is 0 Å². The Morgan fingerprint density at radius 1 is 1.09 bits per heavy atom. The van der Waals surface area contributed by atoms with Crippen molar-refractivity contribution >= 4 is 21.7 Å². The Morgan fingerprint density at radius 2 is 1.79 bits per heavy atom. The van der Waals surface area contributed by atoms with Gasteiger partial charge in [-0.2, -0.15) is 9.57 Å². The lowest BCUT2D eigenvalue weighted by Crippen LogP contribution is -2.41. The maximum atomic E-state index is 12.8. The summed E-state index contributed by atoms with van der Waals surface area (Å²) in [5, 5.41) is 11.9. The first-order chi connectivity index (χ1) is 16.5. The van der Waals surface area contributed by atoms with Gasteiger partial charge in [0.15, 0.2) is 0 Å². The number of nitrogens with zero attached hydrogens (tertiary/aromatic N) is 4. The van der Waals surface area contributed by atoms with E-state index < -0.39 is 10.0 Å². The van der Waals surface area contributed by atoms with Gasteiger partial charge in [0, 0.05) is 44.8 Å². The van der Waals surface area contributed by atoms with E-state index in [1.54, 1.807) is 12.3 Å². The molecule has 0 aliphatic carbocycles. The molecule has 0 unspecified atom stereocenters. The predicted molar refractivity (Wildman–Crippen MR) is 127 cm³/mol. The number of sulfonamides is 1. The van der Waals surface area contributed by atoms with Crippen molar-refractivity contribution in [3.8, 4) is 6.07 Å². The molecule has 3 heterocycles. The summed E-state index contributed by atoms with van der Waals surface area (Å²) < 4.78 is 32.4. The number of hydrogen-bond donors (Lipinski definition) is 1. The second-order valence-corrected chi connectivity index (χ2v) is 10.5. The number of anilines is 1. The van der Waals surface area contributed by atoms with Crippen molar-refractivity contribution in [1.82, 2.24) is 14.6 Å². The number of carbonyl (C=O) groups is 1. The molecule has 180 valence electrons. The van der Waals surface area contributed by atoms with Crippen LogP contribution in [0.25, 0.3) is 0 Å². The fourth-order valence-electron chi connectivity index (χ4n) is 4.32. The molecule has 2 aliphatic heterocycles. The standard InChI is InChI=1S/C24H29N5O4S/c25-15-19-5-6-23(26-16-19)28-9-7-20(8-10-28)24(30)27-17-21-3-1-2-4-22(21)18-34(31,32)29-11-13-33-14-12-29/h1-6,16,20H,7-14,17-18H2,(H,27,30). The number of benzene rings is 1. The Kier molecular flexibility index (Phi) is 7.77. The first-order valence-corrected chi connectivity index (χ1v) is 13.1. The van der Waals surface area contributed by atoms with E-state index in [-0.39, 0.29) is 17.6 Å².